The van der Waals surface area contributed by atoms with Crippen LogP contribution in [0.4, 0.5) is 0 Å². The summed E-state index contributed by atoms with van der Waals surface area (Å²) in [5, 5.41) is 8.31. The normalized spacial score (nSPS) is 7.91. The second-order valence-corrected chi connectivity index (χ2v) is 2.01. The molecule has 0 aliphatic carbocycles. The summed E-state index contributed by atoms with van der Waals surface area (Å²) in [5.41, 5.74) is 0.317. The fourth-order valence-corrected chi connectivity index (χ4v) is 0.497. The Bertz CT molecular complexity index is 117. The maximum absolute atomic E-state index is 10.1. The smallest absolute Gasteiger partial charge is 0.330 e. The van der Waals surface area contributed by atoms with Gasteiger partial charge in [0, 0.05) is 5.57 Å². The molecule has 0 aromatic carbocycles. The van der Waals surface area contributed by atoms with E-state index in [1.54, 1.807) is 0 Å². The van der Waals surface area contributed by atoms with Crippen LogP contribution in [0.25, 0.3) is 0 Å². The van der Waals surface area contributed by atoms with E-state index in [2.05, 4.69) is 6.58 Å². The van der Waals surface area contributed by atoms with Crippen molar-refractivity contribution in [1.82, 2.24) is 0 Å². The van der Waals surface area contributed by atoms with Crippen LogP contribution in [0, 0.1) is 0 Å². The number of hydrogen-bond donors (Lipinski definition) is 1. The highest BCUT2D eigenvalue weighted by atomic mass is 16.4. The first kappa shape index (κ1) is 12.8. The standard InChI is InChI=1S/C7H12O2.C2H6/c1-3-4-5-6(2)7(8)9;1-2/h2-5H2,1H3,(H,8,9);1-2H3. The van der Waals surface area contributed by atoms with Crippen LogP contribution >= 0.6 is 0 Å². The Morgan fingerprint density at radius 2 is 1.91 bits per heavy atom. The Morgan fingerprint density at radius 1 is 1.45 bits per heavy atom. The molecule has 0 atom stereocenters. The third-order valence-electron chi connectivity index (χ3n) is 1.13. The zero-order valence-corrected chi connectivity index (χ0v) is 7.68. The van der Waals surface area contributed by atoms with Gasteiger partial charge in [-0.1, -0.05) is 33.8 Å². The molecule has 0 rings (SSSR count). The van der Waals surface area contributed by atoms with E-state index in [4.69, 9.17) is 5.11 Å². The van der Waals surface area contributed by atoms with E-state index in [9.17, 15) is 4.79 Å². The maximum Gasteiger partial charge on any atom is 0.330 e. The Labute approximate surface area is 68.9 Å². The quantitative estimate of drug-likeness (QED) is 0.639. The molecule has 0 aliphatic heterocycles. The topological polar surface area (TPSA) is 37.3 Å². The van der Waals surface area contributed by atoms with Crippen molar-refractivity contribution < 1.29 is 9.90 Å². The molecule has 0 spiro atoms. The Morgan fingerprint density at radius 3 is 2.18 bits per heavy atom. The van der Waals surface area contributed by atoms with Crippen LogP contribution in [-0.2, 0) is 4.79 Å². The van der Waals surface area contributed by atoms with Gasteiger partial charge in [0.05, 0.1) is 0 Å². The lowest BCUT2D eigenvalue weighted by atomic mass is 10.1. The number of carboxylic acids is 1. The van der Waals surface area contributed by atoms with E-state index < -0.39 is 5.97 Å². The molecular formula is C9H18O2. The summed E-state index contributed by atoms with van der Waals surface area (Å²) in [6.45, 7) is 9.42. The molecule has 0 saturated heterocycles. The second-order valence-electron chi connectivity index (χ2n) is 2.01. The van der Waals surface area contributed by atoms with Gasteiger partial charge in [0.25, 0.3) is 0 Å². The molecule has 0 amide bonds. The van der Waals surface area contributed by atoms with Crippen molar-refractivity contribution in [3.05, 3.63) is 12.2 Å². The van der Waals surface area contributed by atoms with Crippen LogP contribution in [0.5, 0.6) is 0 Å². The van der Waals surface area contributed by atoms with Crippen molar-refractivity contribution in [3.8, 4) is 0 Å². The summed E-state index contributed by atoms with van der Waals surface area (Å²) in [7, 11) is 0. The lowest BCUT2D eigenvalue weighted by Gasteiger charge is -1.95. The van der Waals surface area contributed by atoms with Gasteiger partial charge in [-0.3, -0.25) is 0 Å². The summed E-state index contributed by atoms with van der Waals surface area (Å²) in [4.78, 5) is 10.1. The van der Waals surface area contributed by atoms with Gasteiger partial charge in [0.2, 0.25) is 0 Å². The minimum atomic E-state index is -0.872. The highest BCUT2D eigenvalue weighted by molar-refractivity contribution is 5.85. The minimum Gasteiger partial charge on any atom is -0.478 e. The van der Waals surface area contributed by atoms with Crippen LogP contribution in [-0.4, -0.2) is 11.1 Å². The molecule has 0 fully saturated rings. The van der Waals surface area contributed by atoms with Crippen LogP contribution in [0.1, 0.15) is 40.0 Å². The molecule has 0 aliphatic rings. The van der Waals surface area contributed by atoms with Gasteiger partial charge in [-0.15, -0.1) is 0 Å². The highest BCUT2D eigenvalue weighted by Gasteiger charge is 2.00. The van der Waals surface area contributed by atoms with Crippen LogP contribution in [0.3, 0.4) is 0 Å². The number of hydrogen-bond acceptors (Lipinski definition) is 1. The Balaban J connectivity index is 0. The molecule has 0 bridgehead atoms. The molecule has 0 aromatic heterocycles. The SMILES string of the molecule is C=C(CCCC)C(=O)O.CC. The summed E-state index contributed by atoms with van der Waals surface area (Å²) >= 11 is 0. The van der Waals surface area contributed by atoms with Crippen molar-refractivity contribution in [3.63, 3.8) is 0 Å². The molecule has 0 unspecified atom stereocenters. The fraction of sp³-hybridized carbons (Fsp3) is 0.667. The van der Waals surface area contributed by atoms with Gasteiger partial charge in [0.15, 0.2) is 0 Å². The van der Waals surface area contributed by atoms with Gasteiger partial charge in [-0.2, -0.15) is 0 Å². The molecule has 2 heteroatoms. The van der Waals surface area contributed by atoms with Crippen LogP contribution < -0.4 is 0 Å². The zero-order chi connectivity index (χ0) is 9.28. The highest BCUT2D eigenvalue weighted by Crippen LogP contribution is 2.03. The van der Waals surface area contributed by atoms with E-state index in [-0.39, 0.29) is 0 Å². The Hall–Kier alpha value is -0.790. The zero-order valence-electron chi connectivity index (χ0n) is 7.68. The average Bonchev–Trinajstić information content (AvgIpc) is 2.03. The Kier molecular flexibility index (Phi) is 10.8. The first-order valence-corrected chi connectivity index (χ1v) is 4.09. The lowest BCUT2D eigenvalue weighted by Crippen LogP contribution is -1.97. The molecule has 1 N–H and O–H groups in total. The van der Waals surface area contributed by atoms with Gasteiger partial charge < -0.3 is 5.11 Å². The van der Waals surface area contributed by atoms with Gasteiger partial charge in [-0.05, 0) is 12.8 Å². The summed E-state index contributed by atoms with van der Waals surface area (Å²) in [5.74, 6) is -0.872. The van der Waals surface area contributed by atoms with Crippen LogP contribution in [0.2, 0.25) is 0 Å². The lowest BCUT2D eigenvalue weighted by molar-refractivity contribution is -0.132. The number of carboxylic acid groups (broad SMARTS) is 1. The third-order valence-corrected chi connectivity index (χ3v) is 1.13. The fourth-order valence-electron chi connectivity index (χ4n) is 0.497. The molecule has 0 heterocycles. The van der Waals surface area contributed by atoms with E-state index in [1.807, 2.05) is 20.8 Å². The largest absolute Gasteiger partial charge is 0.478 e. The number of aliphatic carboxylic acids is 1. The second kappa shape index (κ2) is 9.21. The summed E-state index contributed by atoms with van der Waals surface area (Å²) in [6.07, 6.45) is 2.56. The predicted molar refractivity (Wildman–Crippen MR) is 47.6 cm³/mol. The van der Waals surface area contributed by atoms with Gasteiger partial charge in [-0.25, -0.2) is 4.79 Å². The monoisotopic (exact) mass is 158 g/mol. The molecule has 11 heavy (non-hydrogen) atoms. The maximum atomic E-state index is 10.1. The number of rotatable bonds is 4. The first-order valence-electron chi connectivity index (χ1n) is 4.09. The van der Waals surface area contributed by atoms with E-state index >= 15 is 0 Å². The predicted octanol–water partition coefficient (Wildman–Crippen LogP) is 2.84. The number of unbranched alkanes of at least 4 members (excludes halogenated alkanes) is 1. The third kappa shape index (κ3) is 9.21. The van der Waals surface area contributed by atoms with Crippen molar-refractivity contribution in [2.75, 3.05) is 0 Å². The molecule has 0 saturated carbocycles. The molecule has 0 radical (unpaired) electrons. The van der Waals surface area contributed by atoms with Gasteiger partial charge in [0.1, 0.15) is 0 Å². The van der Waals surface area contributed by atoms with E-state index in [0.717, 1.165) is 12.8 Å². The van der Waals surface area contributed by atoms with E-state index in [1.165, 1.54) is 0 Å². The number of carbonyl (C=O) groups is 1. The molecule has 2 nitrogen and oxygen atoms in total. The van der Waals surface area contributed by atoms with Crippen molar-refractivity contribution in [1.29, 1.82) is 0 Å². The average molecular weight is 158 g/mol. The molecule has 0 aromatic rings. The van der Waals surface area contributed by atoms with E-state index in [0.29, 0.717) is 12.0 Å². The van der Waals surface area contributed by atoms with Crippen molar-refractivity contribution in [2.45, 2.75) is 40.0 Å². The van der Waals surface area contributed by atoms with Crippen LogP contribution in [0.15, 0.2) is 12.2 Å². The molecule has 66 valence electrons. The summed E-state index contributed by atoms with van der Waals surface area (Å²) in [6, 6.07) is 0. The summed E-state index contributed by atoms with van der Waals surface area (Å²) < 4.78 is 0. The van der Waals surface area contributed by atoms with Crippen molar-refractivity contribution in [2.24, 2.45) is 0 Å². The van der Waals surface area contributed by atoms with Gasteiger partial charge >= 0.3 is 5.97 Å². The first-order chi connectivity index (χ1) is 5.18. The molecular weight excluding hydrogens is 140 g/mol. The minimum absolute atomic E-state index is 0.317. The van der Waals surface area contributed by atoms with Crippen molar-refractivity contribution >= 4 is 5.97 Å².